The van der Waals surface area contributed by atoms with Gasteiger partial charge in [0.25, 0.3) is 5.91 Å². The van der Waals surface area contributed by atoms with Crippen molar-refractivity contribution in [3.8, 4) is 0 Å². The van der Waals surface area contributed by atoms with Crippen LogP contribution in [0.15, 0.2) is 46.7 Å². The molecule has 2 aromatic rings. The van der Waals surface area contributed by atoms with Crippen LogP contribution in [0.5, 0.6) is 0 Å². The number of ether oxygens (including phenoxy) is 1. The van der Waals surface area contributed by atoms with Gasteiger partial charge in [0.1, 0.15) is 0 Å². The number of amides is 1. The Morgan fingerprint density at radius 2 is 1.82 bits per heavy atom. The van der Waals surface area contributed by atoms with E-state index in [4.69, 9.17) is 4.74 Å². The number of thiophene rings is 1. The third-order valence-electron chi connectivity index (χ3n) is 4.72. The summed E-state index contributed by atoms with van der Waals surface area (Å²) in [6.45, 7) is 7.47. The molecule has 0 bridgehead atoms. The quantitative estimate of drug-likeness (QED) is 0.717. The Balaban J connectivity index is 1.75. The number of hydrogen-bond acceptors (Lipinski definition) is 5. The molecule has 0 saturated carbocycles. The molecule has 1 aliphatic rings. The van der Waals surface area contributed by atoms with Gasteiger partial charge >= 0.3 is 0 Å². The normalized spacial score (nSPS) is 20.8. The van der Waals surface area contributed by atoms with E-state index in [0.29, 0.717) is 31.7 Å². The standard InChI is InChI=1S/C20H26N2O4S2/c1-4-21(14-18-6-5-11-27-18)20(23)17-7-9-19(10-8-17)28(24,25)22-12-15(2)26-16(3)13-22/h5-11,15-16H,4,12-14H2,1-3H3/t15-,16-/m1/s1. The lowest BCUT2D eigenvalue weighted by Crippen LogP contribution is -2.48. The summed E-state index contributed by atoms with van der Waals surface area (Å²) >= 11 is 1.61. The molecule has 0 unspecified atom stereocenters. The molecule has 1 fully saturated rings. The Kier molecular flexibility index (Phi) is 6.54. The number of morpholine rings is 1. The van der Waals surface area contributed by atoms with Crippen LogP contribution in [0, 0.1) is 0 Å². The van der Waals surface area contributed by atoms with Crippen LogP contribution in [0.1, 0.15) is 36.0 Å². The van der Waals surface area contributed by atoms with Gasteiger partial charge in [0.2, 0.25) is 10.0 Å². The summed E-state index contributed by atoms with van der Waals surface area (Å²) in [7, 11) is -3.61. The molecule has 0 N–H and O–H groups in total. The Hall–Kier alpha value is -1.74. The highest BCUT2D eigenvalue weighted by molar-refractivity contribution is 7.89. The van der Waals surface area contributed by atoms with Crippen LogP contribution >= 0.6 is 11.3 Å². The van der Waals surface area contributed by atoms with Crippen LogP contribution in [0.25, 0.3) is 0 Å². The number of hydrogen-bond donors (Lipinski definition) is 0. The van der Waals surface area contributed by atoms with Crippen molar-refractivity contribution in [1.29, 1.82) is 0 Å². The lowest BCUT2D eigenvalue weighted by Gasteiger charge is -2.34. The third kappa shape index (κ3) is 4.63. The minimum atomic E-state index is -3.61. The minimum Gasteiger partial charge on any atom is -0.373 e. The zero-order valence-electron chi connectivity index (χ0n) is 16.4. The summed E-state index contributed by atoms with van der Waals surface area (Å²) in [4.78, 5) is 15.9. The van der Waals surface area contributed by atoms with Gasteiger partial charge in [0.05, 0.1) is 23.6 Å². The van der Waals surface area contributed by atoms with Gasteiger partial charge in [-0.2, -0.15) is 4.31 Å². The third-order valence-corrected chi connectivity index (χ3v) is 7.43. The average Bonchev–Trinajstić information content (AvgIpc) is 3.18. The van der Waals surface area contributed by atoms with Crippen LogP contribution in [-0.2, 0) is 21.3 Å². The molecule has 8 heteroatoms. The monoisotopic (exact) mass is 422 g/mol. The van der Waals surface area contributed by atoms with E-state index in [1.807, 2.05) is 38.3 Å². The largest absolute Gasteiger partial charge is 0.373 e. The molecular weight excluding hydrogens is 396 g/mol. The fourth-order valence-corrected chi connectivity index (χ4v) is 5.66. The smallest absolute Gasteiger partial charge is 0.254 e. The van der Waals surface area contributed by atoms with Crippen molar-refractivity contribution in [3.63, 3.8) is 0 Å². The van der Waals surface area contributed by atoms with Crippen LogP contribution in [0.3, 0.4) is 0 Å². The summed E-state index contributed by atoms with van der Waals surface area (Å²) in [5.41, 5.74) is 0.487. The maximum Gasteiger partial charge on any atom is 0.254 e. The van der Waals surface area contributed by atoms with E-state index >= 15 is 0 Å². The highest BCUT2D eigenvalue weighted by atomic mass is 32.2. The molecule has 1 amide bonds. The van der Waals surface area contributed by atoms with E-state index in [1.165, 1.54) is 16.4 Å². The summed E-state index contributed by atoms with van der Waals surface area (Å²) in [5, 5.41) is 1.99. The van der Waals surface area contributed by atoms with Crippen molar-refractivity contribution in [2.75, 3.05) is 19.6 Å². The molecule has 0 spiro atoms. The van der Waals surface area contributed by atoms with Crippen molar-refractivity contribution in [1.82, 2.24) is 9.21 Å². The summed E-state index contributed by atoms with van der Waals surface area (Å²) in [5.74, 6) is -0.103. The maximum atomic E-state index is 12.9. The van der Waals surface area contributed by atoms with Gasteiger partial charge in [-0.05, 0) is 56.5 Å². The van der Waals surface area contributed by atoms with Gasteiger partial charge < -0.3 is 9.64 Å². The minimum absolute atomic E-state index is 0.103. The molecule has 1 aromatic carbocycles. The molecule has 1 aromatic heterocycles. The van der Waals surface area contributed by atoms with E-state index in [1.54, 1.807) is 28.4 Å². The maximum absolute atomic E-state index is 12.9. The van der Waals surface area contributed by atoms with Crippen LogP contribution in [0.2, 0.25) is 0 Å². The van der Waals surface area contributed by atoms with E-state index < -0.39 is 10.0 Å². The van der Waals surface area contributed by atoms with Crippen LogP contribution < -0.4 is 0 Å². The lowest BCUT2D eigenvalue weighted by atomic mass is 10.2. The van der Waals surface area contributed by atoms with Gasteiger partial charge in [0.15, 0.2) is 0 Å². The molecule has 1 aliphatic heterocycles. The number of sulfonamides is 1. The predicted molar refractivity (Wildman–Crippen MR) is 110 cm³/mol. The second kappa shape index (κ2) is 8.73. The molecule has 6 nitrogen and oxygen atoms in total. The first-order valence-electron chi connectivity index (χ1n) is 9.38. The topological polar surface area (TPSA) is 66.9 Å². The second-order valence-corrected chi connectivity index (χ2v) is 9.97. The fraction of sp³-hybridized carbons (Fsp3) is 0.450. The summed E-state index contributed by atoms with van der Waals surface area (Å²) in [6.07, 6.45) is -0.288. The first-order chi connectivity index (χ1) is 13.3. The Morgan fingerprint density at radius 1 is 1.18 bits per heavy atom. The van der Waals surface area contributed by atoms with Crippen molar-refractivity contribution in [2.24, 2.45) is 0 Å². The van der Waals surface area contributed by atoms with Crippen molar-refractivity contribution in [2.45, 2.75) is 44.4 Å². The van der Waals surface area contributed by atoms with Crippen molar-refractivity contribution >= 4 is 27.3 Å². The number of benzene rings is 1. The molecule has 3 rings (SSSR count). The van der Waals surface area contributed by atoms with Crippen LogP contribution in [-0.4, -0.2) is 55.4 Å². The number of nitrogens with zero attached hydrogens (tertiary/aromatic N) is 2. The molecule has 0 radical (unpaired) electrons. The van der Waals surface area contributed by atoms with E-state index in [2.05, 4.69) is 0 Å². The number of carbonyl (C=O) groups is 1. The first-order valence-corrected chi connectivity index (χ1v) is 11.7. The molecule has 2 heterocycles. The highest BCUT2D eigenvalue weighted by Gasteiger charge is 2.32. The van der Waals surface area contributed by atoms with Gasteiger partial charge in [-0.25, -0.2) is 8.42 Å². The fourth-order valence-electron chi connectivity index (χ4n) is 3.35. The lowest BCUT2D eigenvalue weighted by molar-refractivity contribution is -0.0440. The van der Waals surface area contributed by atoms with Crippen LogP contribution in [0.4, 0.5) is 0 Å². The zero-order valence-corrected chi connectivity index (χ0v) is 18.0. The second-order valence-electron chi connectivity index (χ2n) is 7.00. The zero-order chi connectivity index (χ0) is 20.3. The summed E-state index contributed by atoms with van der Waals surface area (Å²) in [6, 6.07) is 10.2. The first kappa shape index (κ1) is 21.0. The Labute approximate surface area is 170 Å². The average molecular weight is 423 g/mol. The van der Waals surface area contributed by atoms with Gasteiger partial charge in [-0.1, -0.05) is 6.07 Å². The Bertz CT molecular complexity index is 885. The summed E-state index contributed by atoms with van der Waals surface area (Å²) < 4.78 is 33.0. The SMILES string of the molecule is CCN(Cc1cccs1)C(=O)c1ccc(S(=O)(=O)N2C[C@@H](C)O[C@H](C)C2)cc1. The molecule has 1 saturated heterocycles. The van der Waals surface area contributed by atoms with Crippen molar-refractivity contribution < 1.29 is 17.9 Å². The molecule has 152 valence electrons. The highest BCUT2D eigenvalue weighted by Crippen LogP contribution is 2.22. The number of carbonyl (C=O) groups excluding carboxylic acids is 1. The molecule has 2 atom stereocenters. The predicted octanol–water partition coefficient (Wildman–Crippen LogP) is 3.21. The molecule has 0 aliphatic carbocycles. The molecular formula is C20H26N2O4S2. The Morgan fingerprint density at radius 3 is 2.36 bits per heavy atom. The van der Waals surface area contributed by atoms with E-state index in [9.17, 15) is 13.2 Å². The van der Waals surface area contributed by atoms with Crippen molar-refractivity contribution in [3.05, 3.63) is 52.2 Å². The van der Waals surface area contributed by atoms with E-state index in [0.717, 1.165) is 4.88 Å². The number of rotatable bonds is 6. The van der Waals surface area contributed by atoms with Gasteiger partial charge in [-0.15, -0.1) is 11.3 Å². The molecule has 28 heavy (non-hydrogen) atoms. The van der Waals surface area contributed by atoms with E-state index in [-0.39, 0.29) is 23.0 Å². The van der Waals surface area contributed by atoms with Gasteiger partial charge in [0, 0.05) is 30.1 Å². The van der Waals surface area contributed by atoms with Gasteiger partial charge in [-0.3, -0.25) is 4.79 Å².